The van der Waals surface area contributed by atoms with Crippen LogP contribution >= 0.6 is 0 Å². The molecule has 0 saturated heterocycles. The number of carbonyl (C=O) groups is 2. The normalized spacial score (nSPS) is 11.3. The third-order valence-corrected chi connectivity index (χ3v) is 5.19. The van der Waals surface area contributed by atoms with E-state index in [-0.39, 0.29) is 10.6 Å². The van der Waals surface area contributed by atoms with Gasteiger partial charge in [0.1, 0.15) is 11.6 Å². The van der Waals surface area contributed by atoms with Crippen molar-refractivity contribution in [2.24, 2.45) is 0 Å². The van der Waals surface area contributed by atoms with E-state index >= 15 is 0 Å². The first kappa shape index (κ1) is 20.5. The number of rotatable bonds is 6. The van der Waals surface area contributed by atoms with Gasteiger partial charge in [0.15, 0.2) is 6.61 Å². The molecule has 10 heteroatoms. The van der Waals surface area contributed by atoms with Crippen LogP contribution in [-0.2, 0) is 19.6 Å². The summed E-state index contributed by atoms with van der Waals surface area (Å²) in [7, 11) is -1.31. The minimum absolute atomic E-state index is 0.154. The van der Waals surface area contributed by atoms with E-state index in [0.29, 0.717) is 0 Å². The average molecular weight is 398 g/mol. The summed E-state index contributed by atoms with van der Waals surface area (Å²) in [5.74, 6) is -3.54. The lowest BCUT2D eigenvalue weighted by Gasteiger charge is -2.12. The molecule has 2 rings (SSSR count). The van der Waals surface area contributed by atoms with Crippen LogP contribution in [0.4, 0.5) is 14.5 Å². The van der Waals surface area contributed by atoms with E-state index in [4.69, 9.17) is 4.74 Å². The molecule has 0 spiro atoms. The van der Waals surface area contributed by atoms with Gasteiger partial charge < -0.3 is 10.1 Å². The fourth-order valence-corrected chi connectivity index (χ4v) is 2.93. The molecule has 0 atom stereocenters. The molecule has 1 N–H and O–H groups in total. The maximum atomic E-state index is 13.9. The minimum Gasteiger partial charge on any atom is -0.452 e. The van der Waals surface area contributed by atoms with Crippen molar-refractivity contribution in [3.05, 3.63) is 59.7 Å². The van der Waals surface area contributed by atoms with Crippen LogP contribution in [0, 0.1) is 11.6 Å². The molecule has 2 aromatic rings. The van der Waals surface area contributed by atoms with Crippen molar-refractivity contribution in [2.45, 2.75) is 4.90 Å². The lowest BCUT2D eigenvalue weighted by molar-refractivity contribution is -0.119. The Hall–Kier alpha value is -2.85. The van der Waals surface area contributed by atoms with Crippen molar-refractivity contribution in [1.82, 2.24) is 4.31 Å². The zero-order valence-corrected chi connectivity index (χ0v) is 15.2. The van der Waals surface area contributed by atoms with Gasteiger partial charge in [0.25, 0.3) is 5.91 Å². The fraction of sp³-hybridized carbons (Fsp3) is 0.176. The summed E-state index contributed by atoms with van der Waals surface area (Å²) in [4.78, 5) is 23.5. The summed E-state index contributed by atoms with van der Waals surface area (Å²) in [6.45, 7) is -0.764. The van der Waals surface area contributed by atoms with Crippen LogP contribution in [0.2, 0.25) is 0 Å². The molecular weight excluding hydrogens is 382 g/mol. The van der Waals surface area contributed by atoms with Gasteiger partial charge in [-0.1, -0.05) is 6.07 Å². The number of hydrogen-bond acceptors (Lipinski definition) is 5. The van der Waals surface area contributed by atoms with Crippen LogP contribution in [0.25, 0.3) is 0 Å². The molecule has 0 saturated carbocycles. The lowest BCUT2D eigenvalue weighted by Crippen LogP contribution is -2.23. The molecule has 27 heavy (non-hydrogen) atoms. The van der Waals surface area contributed by atoms with Crippen LogP contribution in [0.3, 0.4) is 0 Å². The Morgan fingerprint density at radius 3 is 2.44 bits per heavy atom. The van der Waals surface area contributed by atoms with E-state index < -0.39 is 45.7 Å². The highest BCUT2D eigenvalue weighted by Gasteiger charge is 2.22. The first-order valence-corrected chi connectivity index (χ1v) is 9.00. The molecule has 0 heterocycles. The summed E-state index contributed by atoms with van der Waals surface area (Å²) in [5, 5.41) is 2.30. The number of halogens is 2. The predicted molar refractivity (Wildman–Crippen MR) is 92.6 cm³/mol. The Morgan fingerprint density at radius 2 is 1.81 bits per heavy atom. The number of nitrogens with zero attached hydrogens (tertiary/aromatic N) is 1. The number of nitrogens with one attached hydrogen (secondary N) is 1. The van der Waals surface area contributed by atoms with Crippen LogP contribution in [0.1, 0.15) is 10.4 Å². The number of hydrogen-bond donors (Lipinski definition) is 1. The summed E-state index contributed by atoms with van der Waals surface area (Å²) < 4.78 is 56.7. The zero-order chi connectivity index (χ0) is 20.2. The van der Waals surface area contributed by atoms with Gasteiger partial charge in [-0.05, 0) is 36.4 Å². The monoisotopic (exact) mass is 398 g/mol. The second-order valence-corrected chi connectivity index (χ2v) is 7.72. The van der Waals surface area contributed by atoms with Gasteiger partial charge >= 0.3 is 5.97 Å². The summed E-state index contributed by atoms with van der Waals surface area (Å²) in [6.07, 6.45) is 0. The molecule has 7 nitrogen and oxygen atoms in total. The van der Waals surface area contributed by atoms with Crippen LogP contribution < -0.4 is 5.32 Å². The number of amides is 1. The Bertz CT molecular complexity index is 977. The molecule has 144 valence electrons. The Balaban J connectivity index is 2.08. The number of esters is 1. The van der Waals surface area contributed by atoms with E-state index in [1.807, 2.05) is 0 Å². The predicted octanol–water partition coefficient (Wildman–Crippen LogP) is 2.01. The maximum Gasteiger partial charge on any atom is 0.341 e. The second kappa shape index (κ2) is 8.23. The third-order valence-electron chi connectivity index (χ3n) is 3.38. The Labute approximate surface area is 154 Å². The van der Waals surface area contributed by atoms with Crippen molar-refractivity contribution in [3.63, 3.8) is 0 Å². The van der Waals surface area contributed by atoms with Gasteiger partial charge in [-0.15, -0.1) is 0 Å². The molecule has 0 aliphatic rings. The van der Waals surface area contributed by atoms with Crippen LogP contribution in [0.5, 0.6) is 0 Å². The first-order chi connectivity index (χ1) is 12.6. The van der Waals surface area contributed by atoms with Crippen LogP contribution in [-0.4, -0.2) is 45.3 Å². The summed E-state index contributed by atoms with van der Waals surface area (Å²) >= 11 is 0. The average Bonchev–Trinajstić information content (AvgIpc) is 2.59. The number of sulfonamides is 1. The number of benzene rings is 2. The SMILES string of the molecule is CN(C)S(=O)(=O)c1ccc(F)c(C(=O)OCC(=O)Nc2cccc(F)c2)c1. The molecule has 0 aromatic heterocycles. The summed E-state index contributed by atoms with van der Waals surface area (Å²) in [6, 6.07) is 7.72. The van der Waals surface area contributed by atoms with Crippen molar-refractivity contribution < 1.29 is 31.5 Å². The highest BCUT2D eigenvalue weighted by molar-refractivity contribution is 7.89. The number of carbonyl (C=O) groups excluding carboxylic acids is 2. The fourth-order valence-electron chi connectivity index (χ4n) is 2.00. The van der Waals surface area contributed by atoms with Crippen molar-refractivity contribution >= 4 is 27.6 Å². The first-order valence-electron chi connectivity index (χ1n) is 7.56. The highest BCUT2D eigenvalue weighted by atomic mass is 32.2. The molecule has 0 unspecified atom stereocenters. The maximum absolute atomic E-state index is 13.9. The smallest absolute Gasteiger partial charge is 0.341 e. The molecule has 0 bridgehead atoms. The molecule has 2 aromatic carbocycles. The Kier molecular flexibility index (Phi) is 6.24. The molecule has 0 aliphatic carbocycles. The van der Waals surface area contributed by atoms with Gasteiger partial charge in [0.05, 0.1) is 10.5 Å². The quantitative estimate of drug-likeness (QED) is 0.752. The highest BCUT2D eigenvalue weighted by Crippen LogP contribution is 2.18. The topological polar surface area (TPSA) is 92.8 Å². The number of anilines is 1. The van der Waals surface area contributed by atoms with E-state index in [1.54, 1.807) is 0 Å². The van der Waals surface area contributed by atoms with E-state index in [2.05, 4.69) is 5.32 Å². The molecule has 0 radical (unpaired) electrons. The van der Waals surface area contributed by atoms with Crippen molar-refractivity contribution in [3.8, 4) is 0 Å². The largest absolute Gasteiger partial charge is 0.452 e. The van der Waals surface area contributed by atoms with Gasteiger partial charge in [0.2, 0.25) is 10.0 Å². The van der Waals surface area contributed by atoms with Gasteiger partial charge in [0, 0.05) is 19.8 Å². The molecule has 1 amide bonds. The Morgan fingerprint density at radius 1 is 1.11 bits per heavy atom. The van der Waals surface area contributed by atoms with Crippen molar-refractivity contribution in [2.75, 3.05) is 26.0 Å². The third kappa shape index (κ3) is 5.08. The minimum atomic E-state index is -3.88. The van der Waals surface area contributed by atoms with E-state index in [1.165, 1.54) is 32.3 Å². The molecule has 0 fully saturated rings. The summed E-state index contributed by atoms with van der Waals surface area (Å²) in [5.41, 5.74) is -0.474. The molecule has 0 aliphatic heterocycles. The lowest BCUT2D eigenvalue weighted by atomic mass is 10.2. The van der Waals surface area contributed by atoms with Gasteiger partial charge in [-0.2, -0.15) is 0 Å². The van der Waals surface area contributed by atoms with E-state index in [0.717, 1.165) is 28.6 Å². The van der Waals surface area contributed by atoms with E-state index in [9.17, 15) is 26.8 Å². The number of ether oxygens (including phenoxy) is 1. The standard InChI is InChI=1S/C17H16F2N2O5S/c1-21(2)27(24,25)13-6-7-15(19)14(9-13)17(23)26-10-16(22)20-12-5-3-4-11(18)8-12/h3-9H,10H2,1-2H3,(H,20,22). The zero-order valence-electron chi connectivity index (χ0n) is 14.4. The van der Waals surface area contributed by atoms with Gasteiger partial charge in [-0.25, -0.2) is 26.3 Å². The second-order valence-electron chi connectivity index (χ2n) is 5.56. The molecular formula is C17H16F2N2O5S. The van der Waals surface area contributed by atoms with Gasteiger partial charge in [-0.3, -0.25) is 4.79 Å². The van der Waals surface area contributed by atoms with Crippen LogP contribution in [0.15, 0.2) is 47.4 Å². The van der Waals surface area contributed by atoms with Crippen molar-refractivity contribution in [1.29, 1.82) is 0 Å².